The maximum atomic E-state index is 3.98. The SMILES string of the molecule is c1ccc(CP(C23CC4CC(CC(C4)C2)C3)C23CC4CC(CC(C4)C2)C3)c(CP(C2CNCCN2)C2CNCCN2)c1. The summed E-state index contributed by atoms with van der Waals surface area (Å²) >= 11 is 0. The third kappa shape index (κ3) is 5.10. The largest absolute Gasteiger partial charge is 0.314 e. The molecule has 10 aliphatic rings. The van der Waals surface area contributed by atoms with Crippen molar-refractivity contribution in [2.75, 3.05) is 39.3 Å². The van der Waals surface area contributed by atoms with E-state index in [2.05, 4.69) is 45.5 Å². The number of hydrogen-bond donors (Lipinski definition) is 4. The smallest absolute Gasteiger partial charge is 0.0413 e. The van der Waals surface area contributed by atoms with E-state index in [1.54, 1.807) is 88.2 Å². The predicted molar refractivity (Wildman–Crippen MR) is 179 cm³/mol. The Bertz CT molecular complexity index is 995. The van der Waals surface area contributed by atoms with Gasteiger partial charge in [-0.1, -0.05) is 40.1 Å². The maximum Gasteiger partial charge on any atom is 0.0413 e. The van der Waals surface area contributed by atoms with Crippen molar-refractivity contribution in [3.63, 3.8) is 0 Å². The molecule has 2 aliphatic heterocycles. The molecule has 0 amide bonds. The van der Waals surface area contributed by atoms with Crippen molar-refractivity contribution in [1.29, 1.82) is 0 Å². The van der Waals surface area contributed by atoms with Crippen LogP contribution in [0.3, 0.4) is 0 Å². The van der Waals surface area contributed by atoms with E-state index in [0.29, 0.717) is 11.6 Å². The van der Waals surface area contributed by atoms with E-state index < -0.39 is 0 Å². The zero-order valence-electron chi connectivity index (χ0n) is 26.0. The third-order valence-corrected chi connectivity index (χ3v) is 20.9. The van der Waals surface area contributed by atoms with Gasteiger partial charge in [-0.2, -0.15) is 0 Å². The molecule has 2 heterocycles. The van der Waals surface area contributed by atoms with Crippen LogP contribution in [0, 0.1) is 35.5 Å². The van der Waals surface area contributed by atoms with Crippen LogP contribution in [0.5, 0.6) is 0 Å². The summed E-state index contributed by atoms with van der Waals surface area (Å²) in [6, 6.07) is 9.99. The summed E-state index contributed by atoms with van der Waals surface area (Å²) < 4.78 is 0. The van der Waals surface area contributed by atoms with Gasteiger partial charge in [0, 0.05) is 50.8 Å². The first-order chi connectivity index (χ1) is 20.6. The first-order valence-electron chi connectivity index (χ1n) is 18.1. The molecular weight excluding hydrogens is 550 g/mol. The minimum atomic E-state index is -0.209. The molecule has 8 bridgehead atoms. The fraction of sp³-hybridized carbons (Fsp3) is 0.833. The van der Waals surface area contributed by atoms with Crippen molar-refractivity contribution in [1.82, 2.24) is 21.3 Å². The lowest BCUT2D eigenvalue weighted by molar-refractivity contribution is 0.0184. The lowest BCUT2D eigenvalue weighted by atomic mass is 9.55. The van der Waals surface area contributed by atoms with Gasteiger partial charge in [0.1, 0.15) is 0 Å². The minimum absolute atomic E-state index is 0.00404. The molecule has 230 valence electrons. The average Bonchev–Trinajstić information content (AvgIpc) is 2.98. The Morgan fingerprint density at radius 2 is 0.952 bits per heavy atom. The van der Waals surface area contributed by atoms with E-state index in [1.165, 1.54) is 12.3 Å². The van der Waals surface area contributed by atoms with Crippen LogP contribution in [0.4, 0.5) is 0 Å². The van der Waals surface area contributed by atoms with Crippen molar-refractivity contribution < 1.29 is 0 Å². The Morgan fingerprint density at radius 3 is 1.33 bits per heavy atom. The maximum absolute atomic E-state index is 3.98. The molecule has 10 fully saturated rings. The van der Waals surface area contributed by atoms with Crippen molar-refractivity contribution in [2.45, 2.75) is 111 Å². The summed E-state index contributed by atoms with van der Waals surface area (Å²) in [5, 5.41) is 16.9. The first-order valence-corrected chi connectivity index (χ1v) is 21.3. The second-order valence-corrected chi connectivity index (χ2v) is 22.3. The van der Waals surface area contributed by atoms with Crippen LogP contribution in [-0.2, 0) is 12.3 Å². The zero-order valence-corrected chi connectivity index (χ0v) is 27.8. The number of rotatable bonds is 8. The van der Waals surface area contributed by atoms with Gasteiger partial charge in [0.05, 0.1) is 0 Å². The Hall–Kier alpha value is -0.0800. The Labute approximate surface area is 258 Å². The normalized spacial score (nSPS) is 47.0. The zero-order chi connectivity index (χ0) is 27.7. The predicted octanol–water partition coefficient (Wildman–Crippen LogP) is 6.63. The van der Waals surface area contributed by atoms with Crippen LogP contribution >= 0.6 is 15.8 Å². The minimum Gasteiger partial charge on any atom is -0.314 e. The van der Waals surface area contributed by atoms with Crippen LogP contribution in [-0.4, -0.2) is 61.1 Å². The lowest BCUT2D eigenvalue weighted by Gasteiger charge is -2.67. The number of piperazine rings is 2. The molecule has 2 saturated heterocycles. The van der Waals surface area contributed by atoms with Gasteiger partial charge in [-0.3, -0.25) is 0 Å². The summed E-state index contributed by atoms with van der Waals surface area (Å²) in [6.45, 7) is 6.75. The van der Waals surface area contributed by atoms with Gasteiger partial charge in [-0.05, 0) is 146 Å². The Kier molecular flexibility index (Phi) is 7.59. The summed E-state index contributed by atoms with van der Waals surface area (Å²) in [6.07, 6.45) is 22.0. The van der Waals surface area contributed by atoms with Crippen molar-refractivity contribution >= 4 is 15.8 Å². The van der Waals surface area contributed by atoms with Crippen LogP contribution in [0.25, 0.3) is 0 Å². The Balaban J connectivity index is 1.06. The summed E-state index contributed by atoms with van der Waals surface area (Å²) in [7, 11) is -0.213. The number of hydrogen-bond acceptors (Lipinski definition) is 4. The fourth-order valence-corrected chi connectivity index (χ4v) is 21.3. The molecule has 11 rings (SSSR count). The second-order valence-electron chi connectivity index (χ2n) is 16.7. The van der Waals surface area contributed by atoms with Gasteiger partial charge in [0.15, 0.2) is 0 Å². The molecule has 4 nitrogen and oxygen atoms in total. The number of nitrogens with one attached hydrogen (secondary N) is 4. The van der Waals surface area contributed by atoms with E-state index in [1.807, 2.05) is 0 Å². The molecule has 4 N–H and O–H groups in total. The topological polar surface area (TPSA) is 48.1 Å². The highest BCUT2D eigenvalue weighted by molar-refractivity contribution is 7.60. The molecule has 2 atom stereocenters. The molecule has 6 heteroatoms. The molecular formula is C36H56N4P2. The summed E-state index contributed by atoms with van der Waals surface area (Å²) in [5.41, 5.74) is 3.51. The van der Waals surface area contributed by atoms with Gasteiger partial charge < -0.3 is 21.3 Å². The van der Waals surface area contributed by atoms with E-state index in [-0.39, 0.29) is 15.8 Å². The molecule has 8 aliphatic carbocycles. The summed E-state index contributed by atoms with van der Waals surface area (Å²) in [5.74, 6) is 7.70. The van der Waals surface area contributed by atoms with E-state index in [9.17, 15) is 0 Å². The average molecular weight is 607 g/mol. The van der Waals surface area contributed by atoms with Crippen LogP contribution < -0.4 is 21.3 Å². The molecule has 2 unspecified atom stereocenters. The van der Waals surface area contributed by atoms with Crippen LogP contribution in [0.15, 0.2) is 24.3 Å². The van der Waals surface area contributed by atoms with E-state index in [0.717, 1.165) is 85.1 Å². The van der Waals surface area contributed by atoms with Crippen LogP contribution in [0.2, 0.25) is 0 Å². The van der Waals surface area contributed by atoms with E-state index in [4.69, 9.17) is 0 Å². The third-order valence-electron chi connectivity index (χ3n) is 13.8. The Morgan fingerprint density at radius 1 is 0.548 bits per heavy atom. The quantitative estimate of drug-likeness (QED) is 0.251. The van der Waals surface area contributed by atoms with Crippen molar-refractivity contribution in [3.05, 3.63) is 35.4 Å². The monoisotopic (exact) mass is 606 g/mol. The molecule has 42 heavy (non-hydrogen) atoms. The van der Waals surface area contributed by atoms with Gasteiger partial charge in [-0.15, -0.1) is 0 Å². The lowest BCUT2D eigenvalue weighted by Crippen LogP contribution is -2.56. The molecule has 0 aromatic heterocycles. The highest BCUT2D eigenvalue weighted by Crippen LogP contribution is 2.79. The van der Waals surface area contributed by atoms with Gasteiger partial charge >= 0.3 is 0 Å². The fourth-order valence-electron chi connectivity index (χ4n) is 13.0. The second kappa shape index (κ2) is 11.3. The van der Waals surface area contributed by atoms with E-state index >= 15 is 0 Å². The van der Waals surface area contributed by atoms with Crippen LogP contribution in [0.1, 0.15) is 88.2 Å². The highest BCUT2D eigenvalue weighted by Gasteiger charge is 2.62. The van der Waals surface area contributed by atoms with Gasteiger partial charge in [0.25, 0.3) is 0 Å². The molecule has 0 radical (unpaired) electrons. The molecule has 8 saturated carbocycles. The highest BCUT2D eigenvalue weighted by atomic mass is 31.1. The first kappa shape index (κ1) is 28.2. The van der Waals surface area contributed by atoms with Gasteiger partial charge in [0.2, 0.25) is 0 Å². The summed E-state index contributed by atoms with van der Waals surface area (Å²) in [4.78, 5) is 0. The molecule has 0 spiro atoms. The van der Waals surface area contributed by atoms with Crippen molar-refractivity contribution in [2.24, 2.45) is 35.5 Å². The van der Waals surface area contributed by atoms with Crippen molar-refractivity contribution in [3.8, 4) is 0 Å². The number of benzene rings is 1. The molecule has 1 aromatic rings. The standard InChI is InChI=1S/C36H56N4P2/c1-2-4-32(31(3-1)23-41(33-21-37-5-7-39-33)34-22-38-6-8-40-34)24-42(35-15-25-9-26(16-35)11-27(10-25)17-35)36-18-28-12-29(19-36)14-30(13-28)20-36/h1-4,25-30,33-34,37-40H,5-24H2. The van der Waals surface area contributed by atoms with Gasteiger partial charge in [-0.25, -0.2) is 0 Å². The molecule has 1 aromatic carbocycles.